The van der Waals surface area contributed by atoms with E-state index in [9.17, 15) is 34.2 Å². The van der Waals surface area contributed by atoms with E-state index in [1.807, 2.05) is 98.7 Å². The van der Waals surface area contributed by atoms with Gasteiger partial charge in [-0.15, -0.1) is 0 Å². The van der Waals surface area contributed by atoms with Gasteiger partial charge in [-0.2, -0.15) is 0 Å². The minimum absolute atomic E-state index is 0.0164. The number of carbonyl (C=O) groups excluding carboxylic acids is 4. The van der Waals surface area contributed by atoms with Crippen molar-refractivity contribution in [3.63, 3.8) is 0 Å². The zero-order valence-electron chi connectivity index (χ0n) is 44.2. The van der Waals surface area contributed by atoms with Crippen LogP contribution >= 0.6 is 0 Å². The van der Waals surface area contributed by atoms with Crippen LogP contribution in [0.5, 0.6) is 11.8 Å². The van der Waals surface area contributed by atoms with Gasteiger partial charge in [-0.25, -0.2) is 30.3 Å². The first kappa shape index (κ1) is 58.2. The summed E-state index contributed by atoms with van der Waals surface area (Å²) in [4.78, 5) is 81.0. The molecule has 2 aromatic heterocycles. The number of esters is 2. The summed E-state index contributed by atoms with van der Waals surface area (Å²) in [6.07, 6.45) is 0. The van der Waals surface area contributed by atoms with Gasteiger partial charge in [-0.1, -0.05) is 72.8 Å². The van der Waals surface area contributed by atoms with Crippen molar-refractivity contribution in [2.45, 2.75) is 6.92 Å². The maximum Gasteiger partial charge on any atom is 0.337 e. The lowest BCUT2D eigenvalue weighted by molar-refractivity contribution is 0.0592. The summed E-state index contributed by atoms with van der Waals surface area (Å²) < 4.78 is 16.2. The number of ether oxygens (including phenoxy) is 3. The standard InChI is InChI=1S/C29H29N3O5.C26H20N2O6.C4H12N2O/c1-32(2)15-16-37-18-25(33)19-9-12-22(13-10-19)30-27(20-7-5-4-6-8-20)26-23-14-11-21(29(35)36-3)17-24(23)31-28(26)34;1-15(29)28-21-14-18(26(33)34-2)10-13-20(21)22(24(28)30)23(16-6-4-3-5-7-16)27-19-11-8-17(9-12-19)25(31)32;1-6(2)3-4-7-5/h4-14,17,31,34H,15-16,18H2,1-3H3;3-14,30H,1-2H3,(H,31,32);3-5H2,1-2H3. The fraction of sp³-hybridized carbons (Fsp3) is 0.203. The van der Waals surface area contributed by atoms with E-state index in [0.29, 0.717) is 85.6 Å². The molecule has 404 valence electrons. The number of likely N-dealkylation sites (N-methyl/N-ethyl adjacent to an activating group) is 2. The van der Waals surface area contributed by atoms with Crippen LogP contribution in [0.2, 0.25) is 0 Å². The third-order valence-electron chi connectivity index (χ3n) is 11.8. The molecule has 6 aromatic carbocycles. The Hall–Kier alpha value is -9.11. The first-order valence-electron chi connectivity index (χ1n) is 24.3. The van der Waals surface area contributed by atoms with E-state index in [0.717, 1.165) is 23.2 Å². The summed E-state index contributed by atoms with van der Waals surface area (Å²) in [7, 11) is 10.4. The summed E-state index contributed by atoms with van der Waals surface area (Å²) in [5.41, 5.74) is 6.41. The lowest BCUT2D eigenvalue weighted by atomic mass is 10.00. The molecule has 19 nitrogen and oxygen atoms in total. The largest absolute Gasteiger partial charge is 0.494 e. The molecule has 0 bridgehead atoms. The van der Waals surface area contributed by atoms with Gasteiger partial charge in [0.15, 0.2) is 11.7 Å². The highest BCUT2D eigenvalue weighted by Crippen LogP contribution is 2.36. The molecule has 0 atom stereocenters. The highest BCUT2D eigenvalue weighted by atomic mass is 16.6. The Morgan fingerprint density at radius 1 is 0.590 bits per heavy atom. The number of carbonyl (C=O) groups is 5. The highest BCUT2D eigenvalue weighted by Gasteiger charge is 2.26. The van der Waals surface area contributed by atoms with Crippen LogP contribution in [-0.2, 0) is 19.0 Å². The molecule has 0 saturated carbocycles. The molecule has 0 saturated heterocycles. The number of carboxylic acids is 1. The minimum Gasteiger partial charge on any atom is -0.494 e. The fourth-order valence-electron chi connectivity index (χ4n) is 7.85. The normalized spacial score (nSPS) is 11.5. The number of Topliss-reactive ketones (excluding diaryl/α,β-unsaturated/α-hetero) is 1. The zero-order valence-corrected chi connectivity index (χ0v) is 44.2. The zero-order chi connectivity index (χ0) is 56.5. The molecule has 0 fully saturated rings. The number of aromatic hydroxyl groups is 2. The summed E-state index contributed by atoms with van der Waals surface area (Å²) >= 11 is 0. The fourth-order valence-corrected chi connectivity index (χ4v) is 7.85. The Morgan fingerprint density at radius 2 is 1.06 bits per heavy atom. The molecule has 0 spiro atoms. The first-order valence-corrected chi connectivity index (χ1v) is 24.3. The second-order valence-corrected chi connectivity index (χ2v) is 17.9. The molecule has 0 aliphatic carbocycles. The number of hydrogen-bond acceptors (Lipinski definition) is 16. The van der Waals surface area contributed by atoms with Crippen LogP contribution in [0.4, 0.5) is 11.4 Å². The number of aromatic nitrogens is 2. The molecule has 19 heteroatoms. The second kappa shape index (κ2) is 27.6. The van der Waals surface area contributed by atoms with Crippen LogP contribution in [0.15, 0.2) is 156 Å². The van der Waals surface area contributed by atoms with Crippen LogP contribution in [-0.4, -0.2) is 151 Å². The quantitative estimate of drug-likeness (QED) is 0.0177. The van der Waals surface area contributed by atoms with Gasteiger partial charge in [-0.05, 0) is 101 Å². The molecule has 0 radical (unpaired) electrons. The van der Waals surface area contributed by atoms with Crippen LogP contribution < -0.4 is 5.90 Å². The summed E-state index contributed by atoms with van der Waals surface area (Å²) in [5.74, 6) is 1.71. The van der Waals surface area contributed by atoms with E-state index >= 15 is 0 Å². The average Bonchev–Trinajstić information content (AvgIpc) is 3.93. The lowest BCUT2D eigenvalue weighted by Crippen LogP contribution is -2.20. The maximum absolute atomic E-state index is 12.5. The first-order chi connectivity index (χ1) is 37.4. The maximum atomic E-state index is 12.5. The molecular formula is C59H61N7O12. The van der Waals surface area contributed by atoms with E-state index in [-0.39, 0.29) is 35.3 Å². The van der Waals surface area contributed by atoms with Crippen molar-refractivity contribution in [1.29, 1.82) is 0 Å². The molecule has 8 aromatic rings. The SMILES string of the molecule is CN(C)CCON.COC(=O)c1ccc2c(C(=Nc3ccc(C(=O)COCCN(C)C)cc3)c3ccccc3)c(O)[nH]c2c1.COC(=O)c1ccc2c(C(=Nc3ccc(C(=O)O)cc3)c3ccccc3)c(O)n(C(C)=O)c2c1. The van der Waals surface area contributed by atoms with E-state index in [2.05, 4.69) is 9.82 Å². The average molecular weight is 1060 g/mol. The van der Waals surface area contributed by atoms with Gasteiger partial charge in [0, 0.05) is 53.0 Å². The molecular weight excluding hydrogens is 999 g/mol. The van der Waals surface area contributed by atoms with Gasteiger partial charge < -0.3 is 49.2 Å². The number of fused-ring (bicyclic) bond motifs is 2. The molecule has 0 aliphatic heterocycles. The highest BCUT2D eigenvalue weighted by molar-refractivity contribution is 6.24. The third kappa shape index (κ3) is 14.8. The van der Waals surface area contributed by atoms with Crippen molar-refractivity contribution in [3.8, 4) is 11.8 Å². The van der Waals surface area contributed by atoms with Gasteiger partial charge in [0.1, 0.15) is 6.61 Å². The number of ketones is 1. The number of nitrogens with two attached hydrogens (primary N) is 1. The number of benzene rings is 6. The Balaban J connectivity index is 0.000000225. The van der Waals surface area contributed by atoms with E-state index in [4.69, 9.17) is 35.2 Å². The monoisotopic (exact) mass is 1060 g/mol. The van der Waals surface area contributed by atoms with E-state index in [1.165, 1.54) is 39.3 Å². The van der Waals surface area contributed by atoms with Gasteiger partial charge in [-0.3, -0.25) is 14.2 Å². The van der Waals surface area contributed by atoms with Crippen LogP contribution in [0, 0.1) is 0 Å². The van der Waals surface area contributed by atoms with Gasteiger partial charge >= 0.3 is 17.9 Å². The Bertz CT molecular complexity index is 3440. The number of hydrogen-bond donors (Lipinski definition) is 5. The molecule has 6 N–H and O–H groups in total. The number of nitrogens with zero attached hydrogens (tertiary/aromatic N) is 5. The predicted molar refractivity (Wildman–Crippen MR) is 298 cm³/mol. The van der Waals surface area contributed by atoms with Crippen molar-refractivity contribution in [2.24, 2.45) is 15.9 Å². The summed E-state index contributed by atoms with van der Waals surface area (Å²) in [6.45, 7) is 4.04. The van der Waals surface area contributed by atoms with Crippen molar-refractivity contribution in [2.75, 3.05) is 75.3 Å². The number of carboxylic acid groups (broad SMARTS) is 1. The molecule has 0 amide bonds. The van der Waals surface area contributed by atoms with Crippen LogP contribution in [0.25, 0.3) is 21.8 Å². The van der Waals surface area contributed by atoms with Crippen LogP contribution in [0.1, 0.15) is 75.4 Å². The predicted octanol–water partition coefficient (Wildman–Crippen LogP) is 8.69. The summed E-state index contributed by atoms with van der Waals surface area (Å²) in [5, 5.41) is 32.4. The molecule has 8 rings (SSSR count). The Morgan fingerprint density at radius 3 is 1.54 bits per heavy atom. The second-order valence-electron chi connectivity index (χ2n) is 17.9. The van der Waals surface area contributed by atoms with Crippen molar-refractivity contribution >= 4 is 74.2 Å². The lowest BCUT2D eigenvalue weighted by Gasteiger charge is -2.10. The smallest absolute Gasteiger partial charge is 0.337 e. The van der Waals surface area contributed by atoms with Crippen molar-refractivity contribution in [1.82, 2.24) is 19.4 Å². The molecule has 0 aliphatic rings. The number of aliphatic imine (C=N–C) groups is 2. The number of aromatic amines is 1. The molecule has 78 heavy (non-hydrogen) atoms. The number of aromatic carboxylic acids is 1. The van der Waals surface area contributed by atoms with E-state index < -0.39 is 23.8 Å². The van der Waals surface area contributed by atoms with Gasteiger partial charge in [0.05, 0.1) is 83.6 Å². The van der Waals surface area contributed by atoms with E-state index in [1.54, 1.807) is 66.7 Å². The topological polar surface area (TPSA) is 261 Å². The van der Waals surface area contributed by atoms with Crippen molar-refractivity contribution in [3.05, 3.63) is 190 Å². The van der Waals surface area contributed by atoms with Crippen LogP contribution in [0.3, 0.4) is 0 Å². The molecule has 0 unspecified atom stereocenters. The van der Waals surface area contributed by atoms with Gasteiger partial charge in [0.2, 0.25) is 11.8 Å². The molecule has 2 heterocycles. The number of H-pyrrole nitrogens is 1. The Kier molecular flexibility index (Phi) is 20.6. The third-order valence-corrected chi connectivity index (χ3v) is 11.8. The van der Waals surface area contributed by atoms with Gasteiger partial charge in [0.25, 0.3) is 0 Å². The Labute approximate surface area is 450 Å². The van der Waals surface area contributed by atoms with Crippen molar-refractivity contribution < 1.29 is 58.3 Å². The number of nitrogens with one attached hydrogen (secondary N) is 1. The number of rotatable bonds is 18. The number of methoxy groups -OCH3 is 2. The summed E-state index contributed by atoms with van der Waals surface area (Å²) in [6, 6.07) is 41.2. The minimum atomic E-state index is -1.05.